The fourth-order valence-electron chi connectivity index (χ4n) is 1.94. The van der Waals surface area contributed by atoms with Gasteiger partial charge in [-0.3, -0.25) is 20.2 Å². The van der Waals surface area contributed by atoms with E-state index in [0.29, 0.717) is 0 Å². The average molecular weight is 313 g/mol. The number of nitro groups is 2. The first kappa shape index (κ1) is 15.8. The lowest BCUT2D eigenvalue weighted by Gasteiger charge is -2.09. The van der Waals surface area contributed by atoms with Gasteiger partial charge in [0.2, 0.25) is 0 Å². The zero-order valence-corrected chi connectivity index (χ0v) is 11.5. The molecule has 2 rings (SSSR count). The van der Waals surface area contributed by atoms with E-state index in [9.17, 15) is 30.1 Å². The van der Waals surface area contributed by atoms with Gasteiger partial charge in [0.1, 0.15) is 0 Å². The van der Waals surface area contributed by atoms with E-state index in [4.69, 9.17) is 0 Å². The maximum atomic E-state index is 11.3. The van der Waals surface area contributed by atoms with Crippen LogP contribution in [0, 0.1) is 20.2 Å². The lowest BCUT2D eigenvalue weighted by molar-refractivity contribution is -0.385. The number of benzene rings is 2. The van der Waals surface area contributed by atoms with E-state index in [1.165, 1.54) is 48.5 Å². The highest BCUT2D eigenvalue weighted by atomic mass is 16.6. The van der Waals surface area contributed by atoms with E-state index in [1.54, 1.807) is 0 Å². The average Bonchev–Trinajstić information content (AvgIpc) is 2.52. The van der Waals surface area contributed by atoms with Crippen molar-refractivity contribution in [3.8, 4) is 0 Å². The maximum Gasteiger partial charge on any atom is 0.270 e. The third kappa shape index (κ3) is 3.76. The normalized spacial score (nSPS) is 11.0. The summed E-state index contributed by atoms with van der Waals surface area (Å²) in [5, 5.41) is 32.8. The molecule has 0 saturated carbocycles. The molecule has 2 aromatic carbocycles. The summed E-state index contributed by atoms with van der Waals surface area (Å²) in [5.41, 5.74) is -0.436. The van der Waals surface area contributed by atoms with Crippen molar-refractivity contribution in [3.63, 3.8) is 0 Å². The van der Waals surface area contributed by atoms with Crippen LogP contribution in [0.1, 0.15) is 11.1 Å². The van der Waals surface area contributed by atoms with Crippen LogP contribution < -0.4 is 5.11 Å². The zero-order valence-electron chi connectivity index (χ0n) is 11.5. The number of nitrogens with zero attached hydrogens (tertiary/aromatic N) is 2. The summed E-state index contributed by atoms with van der Waals surface area (Å²) >= 11 is 0. The Balaban J connectivity index is 2.52. The van der Waals surface area contributed by atoms with Crippen molar-refractivity contribution in [2.75, 3.05) is 0 Å². The molecular formula is C15H9N2O6-. The number of aliphatic carboxylic acids is 1. The second-order valence-electron chi connectivity index (χ2n) is 4.51. The van der Waals surface area contributed by atoms with E-state index in [1.807, 2.05) is 0 Å². The van der Waals surface area contributed by atoms with Gasteiger partial charge in [-0.05, 0) is 17.2 Å². The molecule has 0 aromatic heterocycles. The van der Waals surface area contributed by atoms with Crippen LogP contribution in [0.25, 0.3) is 11.6 Å². The first-order chi connectivity index (χ1) is 10.9. The Hall–Kier alpha value is -3.55. The van der Waals surface area contributed by atoms with Crippen LogP contribution >= 0.6 is 0 Å². The number of rotatable bonds is 5. The number of carbonyl (C=O) groups is 1. The van der Waals surface area contributed by atoms with Crippen molar-refractivity contribution in [3.05, 3.63) is 79.9 Å². The van der Waals surface area contributed by atoms with Crippen molar-refractivity contribution >= 4 is 29.0 Å². The van der Waals surface area contributed by atoms with Crippen molar-refractivity contribution < 1.29 is 19.7 Å². The van der Waals surface area contributed by atoms with Gasteiger partial charge in [-0.2, -0.15) is 0 Å². The molecule has 0 aliphatic carbocycles. The van der Waals surface area contributed by atoms with Crippen LogP contribution in [-0.4, -0.2) is 15.8 Å². The fraction of sp³-hybridized carbons (Fsp3) is 0. The highest BCUT2D eigenvalue weighted by Gasteiger charge is 2.11. The van der Waals surface area contributed by atoms with E-state index in [2.05, 4.69) is 0 Å². The number of hydrogen-bond acceptors (Lipinski definition) is 6. The van der Waals surface area contributed by atoms with E-state index in [-0.39, 0.29) is 28.1 Å². The van der Waals surface area contributed by atoms with Crippen LogP contribution in [0.2, 0.25) is 0 Å². The molecule has 0 N–H and O–H groups in total. The second-order valence-corrected chi connectivity index (χ2v) is 4.51. The van der Waals surface area contributed by atoms with Gasteiger partial charge in [0.25, 0.3) is 11.4 Å². The molecular weight excluding hydrogens is 304 g/mol. The van der Waals surface area contributed by atoms with E-state index >= 15 is 0 Å². The SMILES string of the molecule is O=C([O-])/C(=C/c1cccc([N+](=O)[O-])c1)c1cccc([N+](=O)[O-])c1. The number of carboxylic acid groups (broad SMARTS) is 1. The standard InChI is InChI=1S/C15H10N2O6/c18-15(19)14(11-4-2-6-13(9-11)17(22)23)8-10-3-1-5-12(7-10)16(20)21/h1-9H,(H,18,19)/p-1/b14-8+. The van der Waals surface area contributed by atoms with Gasteiger partial charge in [0.05, 0.1) is 15.8 Å². The second kappa shape index (κ2) is 6.48. The smallest absolute Gasteiger partial charge is 0.270 e. The summed E-state index contributed by atoms with van der Waals surface area (Å²) in [4.78, 5) is 31.6. The minimum atomic E-state index is -1.54. The summed E-state index contributed by atoms with van der Waals surface area (Å²) in [7, 11) is 0. The lowest BCUT2D eigenvalue weighted by atomic mass is 10.0. The topological polar surface area (TPSA) is 126 Å². The van der Waals surface area contributed by atoms with E-state index < -0.39 is 15.8 Å². The Morgan fingerprint density at radius 3 is 2.04 bits per heavy atom. The molecule has 0 heterocycles. The van der Waals surface area contributed by atoms with Crippen molar-refractivity contribution in [1.29, 1.82) is 0 Å². The molecule has 0 atom stereocenters. The predicted octanol–water partition coefficient (Wildman–Crippen LogP) is 1.79. The minimum Gasteiger partial charge on any atom is -0.545 e. The molecule has 23 heavy (non-hydrogen) atoms. The van der Waals surface area contributed by atoms with Gasteiger partial charge in [-0.1, -0.05) is 24.3 Å². The molecule has 0 radical (unpaired) electrons. The van der Waals surface area contributed by atoms with Crippen molar-refractivity contribution in [2.45, 2.75) is 0 Å². The van der Waals surface area contributed by atoms with Crippen LogP contribution in [0.3, 0.4) is 0 Å². The summed E-state index contributed by atoms with van der Waals surface area (Å²) in [6.07, 6.45) is 1.17. The predicted molar refractivity (Wildman–Crippen MR) is 79.1 cm³/mol. The van der Waals surface area contributed by atoms with Gasteiger partial charge in [0, 0.05) is 29.8 Å². The number of carboxylic acids is 1. The van der Waals surface area contributed by atoms with Crippen molar-refractivity contribution in [1.82, 2.24) is 0 Å². The zero-order chi connectivity index (χ0) is 17.0. The molecule has 0 unspecified atom stereocenters. The Kier molecular flexibility index (Phi) is 4.46. The summed E-state index contributed by atoms with van der Waals surface area (Å²) in [6.45, 7) is 0. The number of non-ortho nitro benzene ring substituents is 2. The van der Waals surface area contributed by atoms with Crippen LogP contribution in [-0.2, 0) is 4.79 Å². The molecule has 0 bridgehead atoms. The van der Waals surface area contributed by atoms with Gasteiger partial charge in [0.15, 0.2) is 0 Å². The number of nitro benzene ring substituents is 2. The summed E-state index contributed by atoms with van der Waals surface area (Å²) in [6, 6.07) is 10.4. The molecule has 0 amide bonds. The quantitative estimate of drug-likeness (QED) is 0.358. The molecule has 8 nitrogen and oxygen atoms in total. The van der Waals surface area contributed by atoms with Crippen LogP contribution in [0.15, 0.2) is 48.5 Å². The fourth-order valence-corrected chi connectivity index (χ4v) is 1.94. The molecule has 0 spiro atoms. The van der Waals surface area contributed by atoms with Gasteiger partial charge in [-0.25, -0.2) is 0 Å². The van der Waals surface area contributed by atoms with Crippen LogP contribution in [0.4, 0.5) is 11.4 Å². The number of hydrogen-bond donors (Lipinski definition) is 0. The Bertz CT molecular complexity index is 828. The minimum absolute atomic E-state index is 0.0747. The van der Waals surface area contributed by atoms with Crippen LogP contribution in [0.5, 0.6) is 0 Å². The molecule has 0 fully saturated rings. The molecule has 0 aliphatic heterocycles. The first-order valence-corrected chi connectivity index (χ1v) is 6.31. The largest absolute Gasteiger partial charge is 0.545 e. The summed E-state index contributed by atoms with van der Waals surface area (Å²) in [5.74, 6) is -1.54. The van der Waals surface area contributed by atoms with Gasteiger partial charge >= 0.3 is 0 Å². The van der Waals surface area contributed by atoms with Crippen molar-refractivity contribution in [2.24, 2.45) is 0 Å². The third-order valence-electron chi connectivity index (χ3n) is 2.98. The molecule has 0 saturated heterocycles. The monoisotopic (exact) mass is 313 g/mol. The summed E-state index contributed by atoms with van der Waals surface area (Å²) < 4.78 is 0. The Labute approximate surface area is 129 Å². The third-order valence-corrected chi connectivity index (χ3v) is 2.98. The molecule has 0 aliphatic rings. The van der Waals surface area contributed by atoms with Gasteiger partial charge in [-0.15, -0.1) is 0 Å². The van der Waals surface area contributed by atoms with Gasteiger partial charge < -0.3 is 9.90 Å². The molecule has 8 heteroatoms. The molecule has 116 valence electrons. The Morgan fingerprint density at radius 1 is 0.913 bits per heavy atom. The number of carbonyl (C=O) groups excluding carboxylic acids is 1. The lowest BCUT2D eigenvalue weighted by Crippen LogP contribution is -2.23. The highest BCUT2D eigenvalue weighted by molar-refractivity contribution is 6.19. The first-order valence-electron chi connectivity index (χ1n) is 6.31. The highest BCUT2D eigenvalue weighted by Crippen LogP contribution is 2.23. The maximum absolute atomic E-state index is 11.3. The molecule has 2 aromatic rings. The Morgan fingerprint density at radius 2 is 1.48 bits per heavy atom. The van der Waals surface area contributed by atoms with E-state index in [0.717, 1.165) is 6.07 Å².